The van der Waals surface area contributed by atoms with Crippen LogP contribution in [-0.2, 0) is 16.1 Å². The van der Waals surface area contributed by atoms with Gasteiger partial charge in [-0.15, -0.1) is 0 Å². The van der Waals surface area contributed by atoms with Crippen LogP contribution in [0.1, 0.15) is 17.0 Å². The molecule has 102 valence electrons. The number of nitrogens with one attached hydrogen (secondary N) is 1. The number of hydrogen-bond acceptors (Lipinski definition) is 4. The molecule has 0 radical (unpaired) electrons. The minimum absolute atomic E-state index is 0.114. The highest BCUT2D eigenvalue weighted by atomic mass is 32.2. The third-order valence-corrected chi connectivity index (χ3v) is 4.22. The number of amides is 1. The number of carbonyl (C=O) groups is 1. The zero-order valence-electron chi connectivity index (χ0n) is 11.1. The van der Waals surface area contributed by atoms with E-state index in [0.29, 0.717) is 15.8 Å². The van der Waals surface area contributed by atoms with Crippen LogP contribution in [0.25, 0.3) is 6.08 Å². The van der Waals surface area contributed by atoms with Gasteiger partial charge in [-0.25, -0.2) is 0 Å². The maximum atomic E-state index is 11.6. The van der Waals surface area contributed by atoms with Crippen molar-refractivity contribution in [3.05, 3.63) is 27.9 Å². The smallest absolute Gasteiger partial charge is 0.263 e. The molecular formula is C13H16N2O2S2. The van der Waals surface area contributed by atoms with Gasteiger partial charge in [-0.2, -0.15) is 0 Å². The van der Waals surface area contributed by atoms with Crippen molar-refractivity contribution in [1.82, 2.24) is 9.88 Å². The summed E-state index contributed by atoms with van der Waals surface area (Å²) in [7, 11) is 1.69. The molecule has 19 heavy (non-hydrogen) atoms. The Labute approximate surface area is 122 Å². The van der Waals surface area contributed by atoms with Crippen molar-refractivity contribution in [3.8, 4) is 0 Å². The van der Waals surface area contributed by atoms with Crippen molar-refractivity contribution in [3.63, 3.8) is 0 Å². The monoisotopic (exact) mass is 296 g/mol. The van der Waals surface area contributed by atoms with Gasteiger partial charge in [-0.05, 0) is 31.6 Å². The first-order valence-corrected chi connectivity index (χ1v) is 7.16. The van der Waals surface area contributed by atoms with Gasteiger partial charge in [0.15, 0.2) is 0 Å². The molecule has 0 aromatic carbocycles. The van der Waals surface area contributed by atoms with Crippen LogP contribution in [0.5, 0.6) is 0 Å². The number of carbonyl (C=O) groups excluding carboxylic acids is 1. The second-order valence-corrected chi connectivity index (χ2v) is 6.04. The molecule has 2 heterocycles. The minimum Gasteiger partial charge on any atom is -0.383 e. The number of methoxy groups -OCH3 is 1. The molecule has 1 aliphatic rings. The normalized spacial score (nSPS) is 17.3. The fourth-order valence-electron chi connectivity index (χ4n) is 2.06. The SMILES string of the molecule is COCCn1c(C)cc(/C=C2\SC(=S)NC2=O)c1C. The molecule has 1 aliphatic heterocycles. The molecule has 1 aromatic heterocycles. The van der Waals surface area contributed by atoms with E-state index in [1.54, 1.807) is 7.11 Å². The van der Waals surface area contributed by atoms with Crippen molar-refractivity contribution in [2.75, 3.05) is 13.7 Å². The van der Waals surface area contributed by atoms with Crippen LogP contribution in [0.2, 0.25) is 0 Å². The summed E-state index contributed by atoms with van der Waals surface area (Å²) < 4.78 is 7.81. The summed E-state index contributed by atoms with van der Waals surface area (Å²) in [6, 6.07) is 2.08. The van der Waals surface area contributed by atoms with Crippen LogP contribution in [0.15, 0.2) is 11.0 Å². The van der Waals surface area contributed by atoms with E-state index in [2.05, 4.69) is 22.9 Å². The zero-order valence-corrected chi connectivity index (χ0v) is 12.8. The van der Waals surface area contributed by atoms with E-state index in [1.807, 2.05) is 13.0 Å². The van der Waals surface area contributed by atoms with Crippen molar-refractivity contribution >= 4 is 40.3 Å². The van der Waals surface area contributed by atoms with Gasteiger partial charge in [0.1, 0.15) is 4.32 Å². The fourth-order valence-corrected chi connectivity index (χ4v) is 3.10. The predicted octanol–water partition coefficient (Wildman–Crippen LogP) is 2.24. The molecule has 0 atom stereocenters. The third kappa shape index (κ3) is 3.08. The average Bonchev–Trinajstić information content (AvgIpc) is 2.79. The van der Waals surface area contributed by atoms with E-state index >= 15 is 0 Å². The number of aromatic nitrogens is 1. The molecule has 1 saturated heterocycles. The summed E-state index contributed by atoms with van der Waals surface area (Å²) in [5.41, 5.74) is 3.34. The first-order valence-electron chi connectivity index (χ1n) is 5.93. The van der Waals surface area contributed by atoms with Crippen molar-refractivity contribution in [2.45, 2.75) is 20.4 Å². The van der Waals surface area contributed by atoms with Gasteiger partial charge in [-0.3, -0.25) is 4.79 Å². The van der Waals surface area contributed by atoms with Gasteiger partial charge in [0, 0.05) is 25.0 Å². The van der Waals surface area contributed by atoms with Crippen molar-refractivity contribution in [1.29, 1.82) is 0 Å². The van der Waals surface area contributed by atoms with Crippen LogP contribution in [-0.4, -0.2) is 28.5 Å². The Balaban J connectivity index is 2.29. The second kappa shape index (κ2) is 5.90. The average molecular weight is 296 g/mol. The molecule has 0 spiro atoms. The molecule has 0 unspecified atom stereocenters. The van der Waals surface area contributed by atoms with Crippen molar-refractivity contribution in [2.24, 2.45) is 0 Å². The summed E-state index contributed by atoms with van der Waals surface area (Å²) >= 11 is 6.29. The van der Waals surface area contributed by atoms with Gasteiger partial charge >= 0.3 is 0 Å². The topological polar surface area (TPSA) is 43.3 Å². The first-order chi connectivity index (χ1) is 9.02. The van der Waals surface area contributed by atoms with E-state index in [0.717, 1.165) is 23.5 Å². The molecule has 6 heteroatoms. The number of thioether (sulfide) groups is 1. The molecule has 2 rings (SSSR count). The molecule has 0 bridgehead atoms. The van der Waals surface area contributed by atoms with Crippen molar-refractivity contribution < 1.29 is 9.53 Å². The molecule has 0 aliphatic carbocycles. The van der Waals surface area contributed by atoms with Crippen LogP contribution in [0.3, 0.4) is 0 Å². The zero-order chi connectivity index (χ0) is 14.0. The third-order valence-electron chi connectivity index (χ3n) is 3.06. The number of ether oxygens (including phenoxy) is 1. The minimum atomic E-state index is -0.114. The number of aryl methyl sites for hydroxylation is 1. The summed E-state index contributed by atoms with van der Waals surface area (Å²) in [5, 5.41) is 2.62. The summed E-state index contributed by atoms with van der Waals surface area (Å²) in [6.07, 6.45) is 1.89. The fraction of sp³-hybridized carbons (Fsp3) is 0.385. The van der Waals surface area contributed by atoms with E-state index in [4.69, 9.17) is 17.0 Å². The molecule has 1 aromatic rings. The maximum absolute atomic E-state index is 11.6. The van der Waals surface area contributed by atoms with Gasteiger partial charge in [-0.1, -0.05) is 24.0 Å². The lowest BCUT2D eigenvalue weighted by atomic mass is 10.2. The molecule has 1 amide bonds. The Morgan fingerprint density at radius 2 is 2.26 bits per heavy atom. The van der Waals surface area contributed by atoms with Crippen LogP contribution < -0.4 is 5.32 Å². The number of rotatable bonds is 4. The van der Waals surface area contributed by atoms with Gasteiger partial charge < -0.3 is 14.6 Å². The quantitative estimate of drug-likeness (QED) is 0.683. The Morgan fingerprint density at radius 1 is 1.53 bits per heavy atom. The lowest BCUT2D eigenvalue weighted by Crippen LogP contribution is -2.17. The Bertz CT molecular complexity index is 561. The van der Waals surface area contributed by atoms with Crippen LogP contribution >= 0.6 is 24.0 Å². The van der Waals surface area contributed by atoms with Crippen LogP contribution in [0.4, 0.5) is 0 Å². The lowest BCUT2D eigenvalue weighted by molar-refractivity contribution is -0.115. The number of hydrogen-bond donors (Lipinski definition) is 1. The lowest BCUT2D eigenvalue weighted by Gasteiger charge is -2.08. The van der Waals surface area contributed by atoms with Gasteiger partial charge in [0.2, 0.25) is 0 Å². The maximum Gasteiger partial charge on any atom is 0.263 e. The van der Waals surface area contributed by atoms with E-state index < -0.39 is 0 Å². The molecule has 1 N–H and O–H groups in total. The van der Waals surface area contributed by atoms with Crippen LogP contribution in [0, 0.1) is 13.8 Å². The standard InChI is InChI=1S/C13H16N2O2S2/c1-8-6-10(9(2)15(8)4-5-17-3)7-11-12(16)14-13(18)19-11/h6-7H,4-5H2,1-3H3,(H,14,16,18)/b11-7-. The van der Waals surface area contributed by atoms with E-state index in [9.17, 15) is 4.79 Å². The highest BCUT2D eigenvalue weighted by Gasteiger charge is 2.22. The summed E-state index contributed by atoms with van der Waals surface area (Å²) in [6.45, 7) is 5.59. The Kier molecular flexibility index (Phi) is 4.44. The summed E-state index contributed by atoms with van der Waals surface area (Å²) in [4.78, 5) is 12.3. The Morgan fingerprint density at radius 3 is 2.84 bits per heavy atom. The number of nitrogens with zero attached hydrogens (tertiary/aromatic N) is 1. The first kappa shape index (κ1) is 14.3. The van der Waals surface area contributed by atoms with Gasteiger partial charge in [0.05, 0.1) is 11.5 Å². The highest BCUT2D eigenvalue weighted by molar-refractivity contribution is 8.26. The van der Waals surface area contributed by atoms with E-state index in [1.165, 1.54) is 11.8 Å². The van der Waals surface area contributed by atoms with Gasteiger partial charge in [0.25, 0.3) is 5.91 Å². The Hall–Kier alpha value is -1.11. The molecular weight excluding hydrogens is 280 g/mol. The largest absolute Gasteiger partial charge is 0.383 e. The molecule has 1 fully saturated rings. The summed E-state index contributed by atoms with van der Waals surface area (Å²) in [5.74, 6) is -0.114. The molecule has 4 nitrogen and oxygen atoms in total. The molecule has 0 saturated carbocycles. The predicted molar refractivity (Wildman–Crippen MR) is 82.1 cm³/mol. The number of thiocarbonyl (C=S) groups is 1. The second-order valence-electron chi connectivity index (χ2n) is 4.32. The van der Waals surface area contributed by atoms with E-state index in [-0.39, 0.29) is 5.91 Å². The highest BCUT2D eigenvalue weighted by Crippen LogP contribution is 2.27.